The molecule has 1 unspecified atom stereocenters. The van der Waals surface area contributed by atoms with Crippen LogP contribution in [0, 0.1) is 0 Å². The van der Waals surface area contributed by atoms with Gasteiger partial charge >= 0.3 is 0 Å². The zero-order chi connectivity index (χ0) is 11.0. The van der Waals surface area contributed by atoms with E-state index in [0.717, 1.165) is 6.54 Å². The summed E-state index contributed by atoms with van der Waals surface area (Å²) in [5.41, 5.74) is 3.35. The van der Waals surface area contributed by atoms with Gasteiger partial charge in [0.25, 0.3) is 0 Å². The maximum Gasteiger partial charge on any atom is 0.0379 e. The summed E-state index contributed by atoms with van der Waals surface area (Å²) < 4.78 is 0. The zero-order valence-corrected chi connectivity index (χ0v) is 10.00. The first-order chi connectivity index (χ1) is 7.80. The molecule has 0 radical (unpaired) electrons. The summed E-state index contributed by atoms with van der Waals surface area (Å²) in [6.45, 7) is 3.63. The first-order valence-corrected chi connectivity index (χ1v) is 6.32. The normalized spacial score (nSPS) is 29.8. The molecule has 1 fully saturated rings. The van der Waals surface area contributed by atoms with Crippen LogP contribution in [0.5, 0.6) is 0 Å². The number of hydrogen-bond acceptors (Lipinski definition) is 2. The second-order valence-corrected chi connectivity index (χ2v) is 5.34. The number of fused-ring (bicyclic) bond motifs is 2. The van der Waals surface area contributed by atoms with Gasteiger partial charge in [0.2, 0.25) is 0 Å². The molecule has 2 heteroatoms. The summed E-state index contributed by atoms with van der Waals surface area (Å²) in [5, 5.41) is 3.58. The van der Waals surface area contributed by atoms with E-state index in [4.69, 9.17) is 0 Å². The highest BCUT2D eigenvalue weighted by Crippen LogP contribution is 2.43. The Morgan fingerprint density at radius 1 is 1.19 bits per heavy atom. The smallest absolute Gasteiger partial charge is 0.0379 e. The standard InChI is InChI=1S/C14H20N2/c1-16-9-4-7-14(8-10-16)11-15-13-6-3-2-5-12(13)14/h2-3,5-6,15H,4,7-11H2,1H3. The van der Waals surface area contributed by atoms with Gasteiger partial charge in [-0.1, -0.05) is 18.2 Å². The summed E-state index contributed by atoms with van der Waals surface area (Å²) in [5.74, 6) is 0. The van der Waals surface area contributed by atoms with Crippen LogP contribution in [0.4, 0.5) is 5.69 Å². The lowest BCUT2D eigenvalue weighted by atomic mass is 9.76. The molecular weight excluding hydrogens is 196 g/mol. The second-order valence-electron chi connectivity index (χ2n) is 5.34. The highest BCUT2D eigenvalue weighted by Gasteiger charge is 2.39. The van der Waals surface area contributed by atoms with Gasteiger partial charge in [0.05, 0.1) is 0 Å². The van der Waals surface area contributed by atoms with Crippen LogP contribution in [0.2, 0.25) is 0 Å². The molecule has 2 nitrogen and oxygen atoms in total. The van der Waals surface area contributed by atoms with E-state index in [-0.39, 0.29) is 0 Å². The quantitative estimate of drug-likeness (QED) is 0.716. The molecule has 1 spiro atoms. The van der Waals surface area contributed by atoms with Crippen LogP contribution >= 0.6 is 0 Å². The van der Waals surface area contributed by atoms with Crippen molar-refractivity contribution in [2.45, 2.75) is 24.7 Å². The number of benzene rings is 1. The largest absolute Gasteiger partial charge is 0.384 e. The first-order valence-electron chi connectivity index (χ1n) is 6.32. The minimum absolute atomic E-state index is 0.418. The van der Waals surface area contributed by atoms with Crippen molar-refractivity contribution in [1.29, 1.82) is 0 Å². The molecule has 2 aliphatic rings. The molecule has 2 aliphatic heterocycles. The summed E-state index contributed by atoms with van der Waals surface area (Å²) in [7, 11) is 2.24. The van der Waals surface area contributed by atoms with Gasteiger partial charge in [-0.25, -0.2) is 0 Å². The minimum Gasteiger partial charge on any atom is -0.384 e. The summed E-state index contributed by atoms with van der Waals surface area (Å²) in [6, 6.07) is 8.86. The zero-order valence-electron chi connectivity index (χ0n) is 10.00. The maximum atomic E-state index is 3.58. The average molecular weight is 216 g/mol. The van der Waals surface area contributed by atoms with Crippen molar-refractivity contribution in [2.75, 3.05) is 32.0 Å². The molecule has 2 heterocycles. The molecule has 1 N–H and O–H groups in total. The molecule has 1 aromatic rings. The van der Waals surface area contributed by atoms with Crippen LogP contribution in [0.15, 0.2) is 24.3 Å². The lowest BCUT2D eigenvalue weighted by molar-refractivity contribution is 0.335. The van der Waals surface area contributed by atoms with E-state index in [1.165, 1.54) is 38.0 Å². The Morgan fingerprint density at radius 3 is 3.00 bits per heavy atom. The van der Waals surface area contributed by atoms with Crippen molar-refractivity contribution in [3.05, 3.63) is 29.8 Å². The molecule has 0 saturated carbocycles. The summed E-state index contributed by atoms with van der Waals surface area (Å²) in [4.78, 5) is 2.47. The van der Waals surface area contributed by atoms with Crippen LogP contribution in [-0.2, 0) is 5.41 Å². The highest BCUT2D eigenvalue weighted by molar-refractivity contribution is 5.60. The minimum atomic E-state index is 0.418. The predicted octanol–water partition coefficient (Wildman–Crippen LogP) is 2.47. The van der Waals surface area contributed by atoms with E-state index in [9.17, 15) is 0 Å². The summed E-state index contributed by atoms with van der Waals surface area (Å²) >= 11 is 0. The number of anilines is 1. The fourth-order valence-electron chi connectivity index (χ4n) is 3.23. The lowest BCUT2D eigenvalue weighted by Gasteiger charge is -2.27. The van der Waals surface area contributed by atoms with E-state index in [1.54, 1.807) is 5.56 Å². The van der Waals surface area contributed by atoms with Gasteiger partial charge in [0, 0.05) is 17.6 Å². The van der Waals surface area contributed by atoms with Crippen molar-refractivity contribution in [1.82, 2.24) is 4.90 Å². The van der Waals surface area contributed by atoms with E-state index in [2.05, 4.69) is 41.5 Å². The number of likely N-dealkylation sites (tertiary alicyclic amines) is 1. The third kappa shape index (κ3) is 1.52. The van der Waals surface area contributed by atoms with Gasteiger partial charge in [-0.2, -0.15) is 0 Å². The molecule has 3 rings (SSSR count). The van der Waals surface area contributed by atoms with E-state index < -0.39 is 0 Å². The van der Waals surface area contributed by atoms with Crippen LogP contribution < -0.4 is 5.32 Å². The molecule has 86 valence electrons. The molecule has 0 aromatic heterocycles. The lowest BCUT2D eigenvalue weighted by Crippen LogP contribution is -2.30. The van der Waals surface area contributed by atoms with Crippen LogP contribution in [0.3, 0.4) is 0 Å². The van der Waals surface area contributed by atoms with Crippen LogP contribution in [-0.4, -0.2) is 31.6 Å². The summed E-state index contributed by atoms with van der Waals surface area (Å²) in [6.07, 6.45) is 3.96. The van der Waals surface area contributed by atoms with E-state index >= 15 is 0 Å². The second kappa shape index (κ2) is 3.77. The van der Waals surface area contributed by atoms with Gasteiger partial charge < -0.3 is 10.2 Å². The Bertz CT molecular complexity index is 388. The molecule has 0 aliphatic carbocycles. The van der Waals surface area contributed by atoms with Gasteiger partial charge in [-0.05, 0) is 51.0 Å². The van der Waals surface area contributed by atoms with Crippen LogP contribution in [0.25, 0.3) is 0 Å². The number of nitrogens with one attached hydrogen (secondary N) is 1. The van der Waals surface area contributed by atoms with Crippen LogP contribution in [0.1, 0.15) is 24.8 Å². The number of nitrogens with zero attached hydrogens (tertiary/aromatic N) is 1. The van der Waals surface area contributed by atoms with Crippen molar-refractivity contribution in [2.24, 2.45) is 0 Å². The molecule has 1 saturated heterocycles. The van der Waals surface area contributed by atoms with E-state index in [0.29, 0.717) is 5.41 Å². The number of rotatable bonds is 0. The Balaban J connectivity index is 1.94. The maximum absolute atomic E-state index is 3.58. The molecule has 0 bridgehead atoms. The number of hydrogen-bond donors (Lipinski definition) is 1. The van der Waals surface area contributed by atoms with E-state index in [1.807, 2.05) is 0 Å². The van der Waals surface area contributed by atoms with Gasteiger partial charge in [0.1, 0.15) is 0 Å². The predicted molar refractivity (Wildman–Crippen MR) is 68.0 cm³/mol. The fourth-order valence-corrected chi connectivity index (χ4v) is 3.23. The average Bonchev–Trinajstić information content (AvgIpc) is 2.55. The fraction of sp³-hybridized carbons (Fsp3) is 0.571. The van der Waals surface area contributed by atoms with Crippen molar-refractivity contribution in [3.63, 3.8) is 0 Å². The van der Waals surface area contributed by atoms with Crippen molar-refractivity contribution < 1.29 is 0 Å². The third-order valence-electron chi connectivity index (χ3n) is 4.28. The van der Waals surface area contributed by atoms with Crippen molar-refractivity contribution >= 4 is 5.69 Å². The Kier molecular flexibility index (Phi) is 2.40. The first kappa shape index (κ1) is 10.2. The Hall–Kier alpha value is -1.02. The Labute approximate surface area is 97.6 Å². The third-order valence-corrected chi connectivity index (χ3v) is 4.28. The molecule has 0 amide bonds. The van der Waals surface area contributed by atoms with Gasteiger partial charge in [-0.3, -0.25) is 0 Å². The molecule has 16 heavy (non-hydrogen) atoms. The molecular formula is C14H20N2. The topological polar surface area (TPSA) is 15.3 Å². The van der Waals surface area contributed by atoms with Gasteiger partial charge in [0.15, 0.2) is 0 Å². The number of para-hydroxylation sites is 1. The Morgan fingerprint density at radius 2 is 2.06 bits per heavy atom. The SMILES string of the molecule is CN1CCCC2(CC1)CNc1ccccc12. The monoisotopic (exact) mass is 216 g/mol. The highest BCUT2D eigenvalue weighted by atomic mass is 15.1. The molecule has 1 aromatic carbocycles. The molecule has 1 atom stereocenters. The van der Waals surface area contributed by atoms with Gasteiger partial charge in [-0.15, -0.1) is 0 Å². The van der Waals surface area contributed by atoms with Crippen molar-refractivity contribution in [3.8, 4) is 0 Å².